The summed E-state index contributed by atoms with van der Waals surface area (Å²) in [4.78, 5) is 0. The third-order valence-electron chi connectivity index (χ3n) is 5.36. The van der Waals surface area contributed by atoms with Gasteiger partial charge < -0.3 is 39.4 Å². The second-order valence-electron chi connectivity index (χ2n) is 9.43. The standard InChI is InChI=1S/C16H44N4O4Si4.CHF3O3S/c1-25(13-5-9-17)21-26(2,14-6-10-18)23-28(4,16-8-12-20)24-27(3,22-25)15-7-11-19;2-1(3,4)8(5,6)7/h5-20H2,1-4H3;(H,5,6,7). The fourth-order valence-corrected chi connectivity index (χ4v) is 27.4. The van der Waals surface area contributed by atoms with E-state index in [1.54, 1.807) is 0 Å². The number of nitrogens with two attached hydrogens (primary N) is 4. The Labute approximate surface area is 217 Å². The lowest BCUT2D eigenvalue weighted by atomic mass is 10.5. The molecule has 0 bridgehead atoms. The summed E-state index contributed by atoms with van der Waals surface area (Å²) in [5.41, 5.74) is 17.7. The van der Waals surface area contributed by atoms with Crippen LogP contribution >= 0.6 is 0 Å². The topological polar surface area (TPSA) is 195 Å². The average molecular weight is 619 g/mol. The van der Waals surface area contributed by atoms with Gasteiger partial charge in [0.15, 0.2) is 0 Å². The van der Waals surface area contributed by atoms with Gasteiger partial charge in [-0.25, -0.2) is 0 Å². The molecule has 1 aliphatic heterocycles. The lowest BCUT2D eigenvalue weighted by Crippen LogP contribution is -2.67. The molecule has 9 N–H and O–H groups in total. The van der Waals surface area contributed by atoms with Crippen LogP contribution in [0.1, 0.15) is 25.7 Å². The molecule has 1 aliphatic rings. The summed E-state index contributed by atoms with van der Waals surface area (Å²) in [5, 5.41) is 0. The molecule has 0 radical (unpaired) electrons. The minimum Gasteiger partial charge on any atom is -0.416 e. The van der Waals surface area contributed by atoms with Crippen LogP contribution in [0.5, 0.6) is 0 Å². The molecule has 0 aromatic heterocycles. The Bertz CT molecular complexity index is 668. The maximum Gasteiger partial charge on any atom is 0.522 e. The van der Waals surface area contributed by atoms with E-state index in [0.717, 1.165) is 49.9 Å². The smallest absolute Gasteiger partial charge is 0.416 e. The molecule has 19 heteroatoms. The first-order valence-electron chi connectivity index (χ1n) is 12.0. The molecule has 0 aliphatic carbocycles. The zero-order chi connectivity index (χ0) is 28.3. The van der Waals surface area contributed by atoms with Gasteiger partial charge in [-0.1, -0.05) is 0 Å². The van der Waals surface area contributed by atoms with Gasteiger partial charge in [0.1, 0.15) is 0 Å². The Balaban J connectivity index is 0.00000131. The Morgan fingerprint density at radius 2 is 0.778 bits per heavy atom. The van der Waals surface area contributed by atoms with Crippen molar-refractivity contribution in [3.63, 3.8) is 0 Å². The normalized spacial score (nSPS) is 31.8. The van der Waals surface area contributed by atoms with Crippen molar-refractivity contribution < 1.29 is 42.6 Å². The Morgan fingerprint density at radius 3 is 0.889 bits per heavy atom. The van der Waals surface area contributed by atoms with Gasteiger partial charge in [0.2, 0.25) is 0 Å². The highest BCUT2D eigenvalue weighted by molar-refractivity contribution is 7.86. The second kappa shape index (κ2) is 15.1. The lowest BCUT2D eigenvalue weighted by Gasteiger charge is -2.50. The number of alkyl halides is 3. The summed E-state index contributed by atoms with van der Waals surface area (Å²) < 4.78 is 85.0. The van der Waals surface area contributed by atoms with Gasteiger partial charge in [-0.15, -0.1) is 0 Å². The predicted molar refractivity (Wildman–Crippen MR) is 142 cm³/mol. The van der Waals surface area contributed by atoms with E-state index < -0.39 is 49.9 Å². The third-order valence-corrected chi connectivity index (χ3v) is 24.8. The van der Waals surface area contributed by atoms with Crippen LogP contribution in [0.15, 0.2) is 0 Å². The maximum absolute atomic E-state index is 10.7. The first-order chi connectivity index (χ1) is 16.3. The van der Waals surface area contributed by atoms with Crippen LogP contribution in [0.3, 0.4) is 0 Å². The van der Waals surface area contributed by atoms with Crippen molar-refractivity contribution in [1.29, 1.82) is 0 Å². The SMILES string of the molecule is C[Si]1(CCCN)O[Si](C)(CCCN)O[Si](C)(CCCN)O[Si](C)(CCCN)O1.O=S(=O)(O)C(F)(F)F. The molecule has 0 saturated carbocycles. The van der Waals surface area contributed by atoms with Crippen LogP contribution < -0.4 is 22.9 Å². The number of halogens is 3. The van der Waals surface area contributed by atoms with Crippen LogP contribution in [-0.4, -0.2) is 78.9 Å². The van der Waals surface area contributed by atoms with Crippen molar-refractivity contribution in [2.45, 2.75) is 81.6 Å². The molecule has 0 aromatic carbocycles. The van der Waals surface area contributed by atoms with Crippen molar-refractivity contribution in [1.82, 2.24) is 0 Å². The van der Waals surface area contributed by atoms with E-state index in [1.165, 1.54) is 0 Å². The number of hydrogen-bond donors (Lipinski definition) is 5. The van der Waals surface area contributed by atoms with Gasteiger partial charge in [0, 0.05) is 0 Å². The Kier molecular flexibility index (Phi) is 15.2. The monoisotopic (exact) mass is 618 g/mol. The van der Waals surface area contributed by atoms with Crippen molar-refractivity contribution in [3.05, 3.63) is 0 Å². The first-order valence-corrected chi connectivity index (χ1v) is 23.5. The zero-order valence-electron chi connectivity index (χ0n) is 21.7. The van der Waals surface area contributed by atoms with Crippen molar-refractivity contribution >= 4 is 44.4 Å². The van der Waals surface area contributed by atoms with Crippen LogP contribution in [0.25, 0.3) is 0 Å². The minimum absolute atomic E-state index is 0.627. The molecule has 1 saturated heterocycles. The molecule has 1 fully saturated rings. The lowest BCUT2D eigenvalue weighted by molar-refractivity contribution is -0.0510. The van der Waals surface area contributed by atoms with Crippen LogP contribution in [0.2, 0.25) is 50.4 Å². The fourth-order valence-electron chi connectivity index (χ4n) is 4.01. The van der Waals surface area contributed by atoms with Crippen molar-refractivity contribution in [2.75, 3.05) is 26.2 Å². The molecule has 0 spiro atoms. The summed E-state index contributed by atoms with van der Waals surface area (Å²) in [6, 6.07) is 3.42. The highest BCUT2D eigenvalue weighted by Crippen LogP contribution is 2.38. The van der Waals surface area contributed by atoms with Crippen LogP contribution in [-0.2, 0) is 26.6 Å². The highest BCUT2D eigenvalue weighted by Gasteiger charge is 2.56. The molecule has 0 unspecified atom stereocenters. The molecule has 11 nitrogen and oxygen atoms in total. The molecular formula is C17H45F3N4O7SSi4. The highest BCUT2D eigenvalue weighted by atomic mass is 32.2. The van der Waals surface area contributed by atoms with Crippen LogP contribution in [0.4, 0.5) is 13.2 Å². The van der Waals surface area contributed by atoms with Crippen molar-refractivity contribution in [3.8, 4) is 0 Å². The van der Waals surface area contributed by atoms with E-state index in [0.29, 0.717) is 26.2 Å². The molecule has 0 amide bonds. The molecular weight excluding hydrogens is 574 g/mol. The third kappa shape index (κ3) is 13.4. The molecule has 36 heavy (non-hydrogen) atoms. The summed E-state index contributed by atoms with van der Waals surface area (Å²) in [6.07, 6.45) is 3.53. The zero-order valence-corrected chi connectivity index (χ0v) is 26.6. The van der Waals surface area contributed by atoms with Crippen molar-refractivity contribution in [2.24, 2.45) is 22.9 Å². The van der Waals surface area contributed by atoms with Gasteiger partial charge in [0.25, 0.3) is 0 Å². The van der Waals surface area contributed by atoms with Gasteiger partial charge >= 0.3 is 49.9 Å². The summed E-state index contributed by atoms with van der Waals surface area (Å²) >= 11 is 0. The fraction of sp³-hybridized carbons (Fsp3) is 1.00. The average Bonchev–Trinajstić information content (AvgIpc) is 2.71. The van der Waals surface area contributed by atoms with E-state index in [2.05, 4.69) is 26.2 Å². The maximum atomic E-state index is 10.7. The van der Waals surface area contributed by atoms with Gasteiger partial charge in [0.05, 0.1) is 0 Å². The predicted octanol–water partition coefficient (Wildman–Crippen LogP) is 2.14. The Hall–Kier alpha value is 0.248. The molecule has 1 heterocycles. The Morgan fingerprint density at radius 1 is 0.611 bits per heavy atom. The minimum atomic E-state index is -5.84. The molecule has 0 aromatic rings. The number of rotatable bonds is 12. The van der Waals surface area contributed by atoms with E-state index in [4.69, 9.17) is 52.4 Å². The van der Waals surface area contributed by atoms with Gasteiger partial charge in [-0.05, 0) is 102 Å². The summed E-state index contributed by atoms with van der Waals surface area (Å²) in [7, 11) is -15.8. The van der Waals surface area contributed by atoms with Gasteiger partial charge in [-0.2, -0.15) is 21.6 Å². The quantitative estimate of drug-likeness (QED) is 0.122. The van der Waals surface area contributed by atoms with E-state index in [1.807, 2.05) is 0 Å². The van der Waals surface area contributed by atoms with E-state index in [9.17, 15) is 13.2 Å². The number of hydrogen-bond acceptors (Lipinski definition) is 10. The second-order valence-corrected chi connectivity index (χ2v) is 25.2. The van der Waals surface area contributed by atoms with Gasteiger partial charge in [-0.3, -0.25) is 4.55 Å². The first kappa shape index (κ1) is 36.2. The van der Waals surface area contributed by atoms with Crippen LogP contribution in [0, 0.1) is 0 Å². The largest absolute Gasteiger partial charge is 0.522 e. The van der Waals surface area contributed by atoms with E-state index >= 15 is 0 Å². The summed E-state index contributed by atoms with van der Waals surface area (Å²) in [5.74, 6) is 0. The molecule has 0 atom stereocenters. The van der Waals surface area contributed by atoms with E-state index in [-0.39, 0.29) is 0 Å². The molecule has 1 rings (SSSR count). The summed E-state index contributed by atoms with van der Waals surface area (Å²) in [6.45, 7) is 11.1. The molecule has 218 valence electrons.